The van der Waals surface area contributed by atoms with Crippen molar-refractivity contribution in [2.24, 2.45) is 0 Å². The summed E-state index contributed by atoms with van der Waals surface area (Å²) in [5.74, 6) is 0.522. The van der Waals surface area contributed by atoms with E-state index < -0.39 is 0 Å². The number of benzene rings is 1. The molecule has 122 valence electrons. The quantitative estimate of drug-likeness (QED) is 0.929. The first-order valence-corrected chi connectivity index (χ1v) is 8.48. The Morgan fingerprint density at radius 2 is 2.09 bits per heavy atom. The van der Waals surface area contributed by atoms with E-state index in [0.717, 1.165) is 18.6 Å². The van der Waals surface area contributed by atoms with Gasteiger partial charge in [0, 0.05) is 30.6 Å². The molecule has 0 spiro atoms. The maximum Gasteiger partial charge on any atom is 0.264 e. The van der Waals surface area contributed by atoms with E-state index in [1.54, 1.807) is 25.3 Å². The first kappa shape index (κ1) is 15.8. The van der Waals surface area contributed by atoms with Crippen LogP contribution in [0.25, 0.3) is 0 Å². The number of nitrogens with one attached hydrogen (secondary N) is 1. The van der Waals surface area contributed by atoms with Gasteiger partial charge < -0.3 is 15.0 Å². The van der Waals surface area contributed by atoms with Crippen LogP contribution in [-0.4, -0.2) is 37.0 Å². The van der Waals surface area contributed by atoms with Crippen molar-refractivity contribution in [3.05, 3.63) is 46.4 Å². The van der Waals surface area contributed by atoms with E-state index in [0.29, 0.717) is 23.7 Å². The zero-order valence-electron chi connectivity index (χ0n) is 12.9. The van der Waals surface area contributed by atoms with Crippen molar-refractivity contribution in [1.29, 1.82) is 0 Å². The molecule has 23 heavy (non-hydrogen) atoms. The second-order valence-electron chi connectivity index (χ2n) is 5.54. The van der Waals surface area contributed by atoms with E-state index in [2.05, 4.69) is 5.32 Å². The van der Waals surface area contributed by atoms with Gasteiger partial charge in [-0.15, -0.1) is 11.3 Å². The number of anilines is 1. The van der Waals surface area contributed by atoms with Crippen molar-refractivity contribution in [3.63, 3.8) is 0 Å². The van der Waals surface area contributed by atoms with Gasteiger partial charge in [0.1, 0.15) is 11.6 Å². The molecule has 1 aliphatic rings. The van der Waals surface area contributed by atoms with Crippen LogP contribution in [0.1, 0.15) is 22.5 Å². The van der Waals surface area contributed by atoms with Crippen molar-refractivity contribution >= 4 is 22.9 Å². The zero-order chi connectivity index (χ0) is 16.2. The number of nitrogens with zero attached hydrogens (tertiary/aromatic N) is 1. The van der Waals surface area contributed by atoms with E-state index in [1.807, 2.05) is 16.3 Å². The molecular weight excluding hydrogens is 315 g/mol. The minimum absolute atomic E-state index is 0.0441. The minimum atomic E-state index is -0.239. The third-order valence-electron chi connectivity index (χ3n) is 4.04. The largest absolute Gasteiger partial charge is 0.496 e. The molecule has 1 aliphatic heterocycles. The summed E-state index contributed by atoms with van der Waals surface area (Å²) in [6.45, 7) is 1.34. The van der Waals surface area contributed by atoms with Gasteiger partial charge in [-0.2, -0.15) is 0 Å². The highest BCUT2D eigenvalue weighted by molar-refractivity contribution is 7.12. The number of methoxy groups -OCH3 is 1. The molecule has 0 saturated carbocycles. The standard InChI is InChI=1S/C17H19FN2O2S/c1-22-13-10-16(23-11-13)17(21)20-8-6-12(7-9-20)19-15-5-3-2-4-14(15)18/h2-5,10-12,19H,6-9H2,1H3. The Kier molecular flexibility index (Phi) is 4.81. The van der Waals surface area contributed by atoms with Crippen molar-refractivity contribution in [1.82, 2.24) is 4.90 Å². The SMILES string of the molecule is COc1csc(C(=O)N2CCC(Nc3ccccc3F)CC2)c1. The molecule has 1 fully saturated rings. The summed E-state index contributed by atoms with van der Waals surface area (Å²) >= 11 is 1.40. The molecule has 0 aliphatic carbocycles. The van der Waals surface area contributed by atoms with E-state index in [9.17, 15) is 9.18 Å². The number of halogens is 1. The average molecular weight is 334 g/mol. The Hall–Kier alpha value is -2.08. The Balaban J connectivity index is 1.56. The predicted molar refractivity (Wildman–Crippen MR) is 89.8 cm³/mol. The lowest BCUT2D eigenvalue weighted by Gasteiger charge is -2.32. The van der Waals surface area contributed by atoms with Crippen LogP contribution in [0.5, 0.6) is 5.75 Å². The Morgan fingerprint density at radius 3 is 2.74 bits per heavy atom. The van der Waals surface area contributed by atoms with Gasteiger partial charge in [0.2, 0.25) is 0 Å². The number of amides is 1. The summed E-state index contributed by atoms with van der Waals surface area (Å²) < 4.78 is 18.8. The Labute approximate surface area is 138 Å². The predicted octanol–water partition coefficient (Wildman–Crippen LogP) is 3.61. The van der Waals surface area contributed by atoms with Crippen LogP contribution in [0.4, 0.5) is 10.1 Å². The smallest absolute Gasteiger partial charge is 0.264 e. The summed E-state index contributed by atoms with van der Waals surface area (Å²) in [5, 5.41) is 5.06. The van der Waals surface area contributed by atoms with Gasteiger partial charge in [-0.25, -0.2) is 4.39 Å². The van der Waals surface area contributed by atoms with Crippen LogP contribution in [0, 0.1) is 5.82 Å². The maximum absolute atomic E-state index is 13.7. The molecule has 0 radical (unpaired) electrons. The second-order valence-corrected chi connectivity index (χ2v) is 6.45. The van der Waals surface area contributed by atoms with Crippen molar-refractivity contribution in [3.8, 4) is 5.75 Å². The van der Waals surface area contributed by atoms with E-state index in [1.165, 1.54) is 17.4 Å². The molecule has 0 atom stereocenters. The van der Waals surface area contributed by atoms with E-state index >= 15 is 0 Å². The Bertz CT molecular complexity index is 681. The third-order valence-corrected chi connectivity index (χ3v) is 4.93. The fraction of sp³-hybridized carbons (Fsp3) is 0.353. The molecule has 1 aromatic heterocycles. The Morgan fingerprint density at radius 1 is 1.35 bits per heavy atom. The minimum Gasteiger partial charge on any atom is -0.496 e. The average Bonchev–Trinajstić information content (AvgIpc) is 3.06. The molecule has 2 heterocycles. The van der Waals surface area contributed by atoms with Gasteiger partial charge in [0.05, 0.1) is 17.7 Å². The monoisotopic (exact) mass is 334 g/mol. The summed E-state index contributed by atoms with van der Waals surface area (Å²) in [4.78, 5) is 15.0. The van der Waals surface area contributed by atoms with E-state index in [-0.39, 0.29) is 17.8 Å². The molecule has 4 nitrogen and oxygen atoms in total. The number of likely N-dealkylation sites (tertiary alicyclic amines) is 1. The summed E-state index contributed by atoms with van der Waals surface area (Å²) in [6.07, 6.45) is 1.62. The number of carbonyl (C=O) groups is 1. The number of thiophene rings is 1. The topological polar surface area (TPSA) is 41.6 Å². The number of carbonyl (C=O) groups excluding carboxylic acids is 1. The fourth-order valence-electron chi connectivity index (χ4n) is 2.72. The third kappa shape index (κ3) is 3.64. The van der Waals surface area contributed by atoms with Crippen LogP contribution in [0.15, 0.2) is 35.7 Å². The zero-order valence-corrected chi connectivity index (χ0v) is 13.7. The van der Waals surface area contributed by atoms with E-state index in [4.69, 9.17) is 4.74 Å². The lowest BCUT2D eigenvalue weighted by molar-refractivity contribution is 0.0723. The highest BCUT2D eigenvalue weighted by atomic mass is 32.1. The van der Waals surface area contributed by atoms with Gasteiger partial charge in [-0.3, -0.25) is 4.79 Å². The summed E-state index contributed by atoms with van der Waals surface area (Å²) in [7, 11) is 1.59. The molecular formula is C17H19FN2O2S. The van der Waals surface area contributed by atoms with Gasteiger partial charge in [-0.1, -0.05) is 12.1 Å². The molecule has 1 aromatic carbocycles. The van der Waals surface area contributed by atoms with Crippen LogP contribution in [0.2, 0.25) is 0 Å². The van der Waals surface area contributed by atoms with Crippen LogP contribution in [-0.2, 0) is 0 Å². The molecule has 1 N–H and O–H groups in total. The molecule has 0 unspecified atom stereocenters. The van der Waals surface area contributed by atoms with Crippen LogP contribution >= 0.6 is 11.3 Å². The number of hydrogen-bond donors (Lipinski definition) is 1. The maximum atomic E-state index is 13.7. The van der Waals surface area contributed by atoms with Crippen molar-refractivity contribution in [2.45, 2.75) is 18.9 Å². The normalized spacial score (nSPS) is 15.5. The van der Waals surface area contributed by atoms with Crippen LogP contribution < -0.4 is 10.1 Å². The summed E-state index contributed by atoms with van der Waals surface area (Å²) in [5.41, 5.74) is 0.528. The van der Waals surface area contributed by atoms with Gasteiger partial charge >= 0.3 is 0 Å². The van der Waals surface area contributed by atoms with Gasteiger partial charge in [0.25, 0.3) is 5.91 Å². The fourth-order valence-corrected chi connectivity index (χ4v) is 3.54. The number of piperidine rings is 1. The van der Waals surface area contributed by atoms with Gasteiger partial charge in [0.15, 0.2) is 0 Å². The first-order chi connectivity index (χ1) is 11.2. The van der Waals surface area contributed by atoms with Gasteiger partial charge in [-0.05, 0) is 25.0 Å². The number of rotatable bonds is 4. The van der Waals surface area contributed by atoms with Crippen molar-refractivity contribution < 1.29 is 13.9 Å². The van der Waals surface area contributed by atoms with Crippen LogP contribution in [0.3, 0.4) is 0 Å². The molecule has 0 bridgehead atoms. The highest BCUT2D eigenvalue weighted by Crippen LogP contribution is 2.25. The molecule has 2 aromatic rings. The highest BCUT2D eigenvalue weighted by Gasteiger charge is 2.25. The molecule has 1 amide bonds. The lowest BCUT2D eigenvalue weighted by atomic mass is 10.0. The summed E-state index contributed by atoms with van der Waals surface area (Å²) in [6, 6.07) is 8.65. The molecule has 6 heteroatoms. The van der Waals surface area contributed by atoms with Crippen molar-refractivity contribution in [2.75, 3.05) is 25.5 Å². The number of para-hydroxylation sites is 1. The molecule has 1 saturated heterocycles. The lowest BCUT2D eigenvalue weighted by Crippen LogP contribution is -2.42. The molecule has 3 rings (SSSR count). The number of ether oxygens (including phenoxy) is 1. The number of hydrogen-bond acceptors (Lipinski definition) is 4. The second kappa shape index (κ2) is 7.00. The first-order valence-electron chi connectivity index (χ1n) is 7.60.